The second-order valence-electron chi connectivity index (χ2n) is 3.65. The maximum Gasteiger partial charge on any atom is 0.108 e. The predicted molar refractivity (Wildman–Crippen MR) is 61.7 cm³/mol. The van der Waals surface area contributed by atoms with E-state index in [1.807, 2.05) is 26.0 Å². The zero-order valence-electron chi connectivity index (χ0n) is 8.74. The minimum atomic E-state index is -1.14. The summed E-state index contributed by atoms with van der Waals surface area (Å²) in [5, 5.41) is 28.0. The molecular formula is C11H15BrO3. The van der Waals surface area contributed by atoms with Crippen molar-refractivity contribution in [2.75, 3.05) is 6.61 Å². The van der Waals surface area contributed by atoms with Gasteiger partial charge >= 0.3 is 0 Å². The van der Waals surface area contributed by atoms with Crippen LogP contribution in [0.1, 0.15) is 22.8 Å². The maximum absolute atomic E-state index is 9.82. The Morgan fingerprint density at radius 2 is 1.67 bits per heavy atom. The molecule has 0 amide bonds. The van der Waals surface area contributed by atoms with Crippen LogP contribution >= 0.6 is 15.9 Å². The summed E-state index contributed by atoms with van der Waals surface area (Å²) >= 11 is 3.36. The second-order valence-corrected chi connectivity index (χ2v) is 4.56. The highest BCUT2D eigenvalue weighted by Crippen LogP contribution is 2.27. The lowest BCUT2D eigenvalue weighted by Crippen LogP contribution is -2.23. The fourth-order valence-electron chi connectivity index (χ4n) is 1.68. The third kappa shape index (κ3) is 2.78. The minimum Gasteiger partial charge on any atom is -0.394 e. The third-order valence-electron chi connectivity index (χ3n) is 2.41. The van der Waals surface area contributed by atoms with Gasteiger partial charge in [0.05, 0.1) is 6.61 Å². The third-order valence-corrected chi connectivity index (χ3v) is 2.86. The van der Waals surface area contributed by atoms with Crippen LogP contribution in [0.2, 0.25) is 0 Å². The Labute approximate surface area is 97.5 Å². The van der Waals surface area contributed by atoms with E-state index in [-0.39, 0.29) is 0 Å². The molecule has 0 spiro atoms. The van der Waals surface area contributed by atoms with Crippen molar-refractivity contribution in [2.24, 2.45) is 0 Å². The fraction of sp³-hybridized carbons (Fsp3) is 0.455. The van der Waals surface area contributed by atoms with Crippen LogP contribution in [0.4, 0.5) is 0 Å². The molecule has 0 fully saturated rings. The van der Waals surface area contributed by atoms with Gasteiger partial charge in [-0.15, -0.1) is 0 Å². The molecule has 0 aliphatic heterocycles. The maximum atomic E-state index is 9.82. The molecule has 3 N–H and O–H groups in total. The average molecular weight is 275 g/mol. The number of aliphatic hydroxyl groups is 3. The topological polar surface area (TPSA) is 60.7 Å². The van der Waals surface area contributed by atoms with Crippen molar-refractivity contribution in [3.63, 3.8) is 0 Å². The Hall–Kier alpha value is -0.420. The van der Waals surface area contributed by atoms with Gasteiger partial charge in [-0.25, -0.2) is 0 Å². The first-order chi connectivity index (χ1) is 6.97. The highest BCUT2D eigenvalue weighted by Gasteiger charge is 2.21. The number of aryl methyl sites for hydroxylation is 2. The highest BCUT2D eigenvalue weighted by molar-refractivity contribution is 9.10. The Kier molecular flexibility index (Phi) is 4.28. The van der Waals surface area contributed by atoms with Crippen LogP contribution in [0.15, 0.2) is 16.6 Å². The number of halogens is 1. The van der Waals surface area contributed by atoms with Gasteiger partial charge in [-0.2, -0.15) is 0 Å². The molecule has 0 aromatic heterocycles. The number of benzene rings is 1. The van der Waals surface area contributed by atoms with Gasteiger partial charge in [0.2, 0.25) is 0 Å². The van der Waals surface area contributed by atoms with E-state index in [0.29, 0.717) is 5.56 Å². The van der Waals surface area contributed by atoms with Crippen LogP contribution in [0.25, 0.3) is 0 Å². The van der Waals surface area contributed by atoms with Crippen LogP contribution in [0.5, 0.6) is 0 Å². The fourth-order valence-corrected chi connectivity index (χ4v) is 2.37. The molecule has 2 atom stereocenters. The van der Waals surface area contributed by atoms with Gasteiger partial charge in [-0.1, -0.05) is 15.9 Å². The lowest BCUT2D eigenvalue weighted by molar-refractivity contribution is -0.0158. The molecular weight excluding hydrogens is 260 g/mol. The smallest absolute Gasteiger partial charge is 0.108 e. The largest absolute Gasteiger partial charge is 0.394 e. The van der Waals surface area contributed by atoms with Crippen LogP contribution < -0.4 is 0 Å². The van der Waals surface area contributed by atoms with Crippen LogP contribution in [0, 0.1) is 13.8 Å². The van der Waals surface area contributed by atoms with E-state index in [1.54, 1.807) is 0 Å². The standard InChI is InChI=1S/C11H15BrO3/c1-6-3-8(12)4-7(2)10(6)11(15)9(14)5-13/h3-4,9,11,13-15H,5H2,1-2H3. The molecule has 15 heavy (non-hydrogen) atoms. The SMILES string of the molecule is Cc1cc(Br)cc(C)c1C(O)C(O)CO. The van der Waals surface area contributed by atoms with Gasteiger partial charge in [-0.05, 0) is 42.7 Å². The van der Waals surface area contributed by atoms with E-state index in [0.717, 1.165) is 15.6 Å². The molecule has 0 saturated carbocycles. The predicted octanol–water partition coefficient (Wildman–Crippen LogP) is 1.45. The Morgan fingerprint density at radius 1 is 1.20 bits per heavy atom. The summed E-state index contributed by atoms with van der Waals surface area (Å²) in [5.74, 6) is 0. The van der Waals surface area contributed by atoms with Crippen molar-refractivity contribution in [3.8, 4) is 0 Å². The van der Waals surface area contributed by atoms with Crippen molar-refractivity contribution in [1.82, 2.24) is 0 Å². The molecule has 1 aromatic carbocycles. The van der Waals surface area contributed by atoms with E-state index in [9.17, 15) is 10.2 Å². The summed E-state index contributed by atoms with van der Waals surface area (Å²) in [6, 6.07) is 3.74. The zero-order chi connectivity index (χ0) is 11.6. The molecule has 1 aromatic rings. The zero-order valence-corrected chi connectivity index (χ0v) is 10.3. The molecule has 0 radical (unpaired) electrons. The van der Waals surface area contributed by atoms with Gasteiger partial charge < -0.3 is 15.3 Å². The molecule has 3 nitrogen and oxygen atoms in total. The monoisotopic (exact) mass is 274 g/mol. The lowest BCUT2D eigenvalue weighted by atomic mass is 9.95. The molecule has 0 aliphatic carbocycles. The van der Waals surface area contributed by atoms with Crippen molar-refractivity contribution >= 4 is 15.9 Å². The van der Waals surface area contributed by atoms with Gasteiger partial charge in [0.1, 0.15) is 12.2 Å². The van der Waals surface area contributed by atoms with Crippen molar-refractivity contribution in [2.45, 2.75) is 26.1 Å². The quantitative estimate of drug-likeness (QED) is 0.782. The first-order valence-electron chi connectivity index (χ1n) is 4.71. The summed E-state index contributed by atoms with van der Waals surface area (Å²) < 4.78 is 0.937. The first kappa shape index (κ1) is 12.6. The van der Waals surface area contributed by atoms with E-state index in [4.69, 9.17) is 5.11 Å². The molecule has 4 heteroatoms. The molecule has 0 heterocycles. The van der Waals surface area contributed by atoms with Gasteiger partial charge in [-0.3, -0.25) is 0 Å². The van der Waals surface area contributed by atoms with Crippen LogP contribution in [0.3, 0.4) is 0 Å². The highest BCUT2D eigenvalue weighted by atomic mass is 79.9. The summed E-state index contributed by atoms with van der Waals surface area (Å²) in [7, 11) is 0. The number of hydrogen-bond acceptors (Lipinski definition) is 3. The average Bonchev–Trinajstić information content (AvgIpc) is 2.14. The Balaban J connectivity index is 3.13. The summed E-state index contributed by atoms with van der Waals surface area (Å²) in [4.78, 5) is 0. The normalized spacial score (nSPS) is 15.1. The van der Waals surface area contributed by atoms with E-state index < -0.39 is 18.8 Å². The number of hydrogen-bond donors (Lipinski definition) is 3. The second kappa shape index (κ2) is 5.07. The Bertz CT molecular complexity index is 329. The molecule has 0 bridgehead atoms. The van der Waals surface area contributed by atoms with Crippen molar-refractivity contribution in [1.29, 1.82) is 0 Å². The van der Waals surface area contributed by atoms with Gasteiger partial charge in [0.15, 0.2) is 0 Å². The lowest BCUT2D eigenvalue weighted by Gasteiger charge is -2.20. The van der Waals surface area contributed by atoms with Crippen LogP contribution in [-0.2, 0) is 0 Å². The van der Waals surface area contributed by atoms with E-state index >= 15 is 0 Å². The molecule has 0 saturated heterocycles. The van der Waals surface area contributed by atoms with Crippen LogP contribution in [-0.4, -0.2) is 28.0 Å². The molecule has 2 unspecified atom stereocenters. The molecule has 1 rings (SSSR count). The first-order valence-corrected chi connectivity index (χ1v) is 5.50. The van der Waals surface area contributed by atoms with E-state index in [1.165, 1.54) is 0 Å². The molecule has 0 aliphatic rings. The van der Waals surface area contributed by atoms with Gasteiger partial charge in [0.25, 0.3) is 0 Å². The van der Waals surface area contributed by atoms with Gasteiger partial charge in [0, 0.05) is 4.47 Å². The van der Waals surface area contributed by atoms with E-state index in [2.05, 4.69) is 15.9 Å². The Morgan fingerprint density at radius 3 is 2.07 bits per heavy atom. The van der Waals surface area contributed by atoms with Crippen molar-refractivity contribution < 1.29 is 15.3 Å². The number of aliphatic hydroxyl groups excluding tert-OH is 3. The van der Waals surface area contributed by atoms with Crippen molar-refractivity contribution in [3.05, 3.63) is 33.3 Å². The number of rotatable bonds is 3. The summed E-state index contributed by atoms with van der Waals surface area (Å²) in [6.45, 7) is 3.27. The molecule has 84 valence electrons. The minimum absolute atomic E-state index is 0.448. The summed E-state index contributed by atoms with van der Waals surface area (Å²) in [6.07, 6.45) is -2.17. The summed E-state index contributed by atoms with van der Waals surface area (Å²) in [5.41, 5.74) is 2.46.